The van der Waals surface area contributed by atoms with Crippen LogP contribution in [0.3, 0.4) is 0 Å². The molecule has 1 aromatic carbocycles. The molecule has 0 N–H and O–H groups in total. The number of nitrogens with zero attached hydrogens (tertiary/aromatic N) is 3. The number of aromatic nitrogens is 1. The number of carboxylic acids is 1. The summed E-state index contributed by atoms with van der Waals surface area (Å²) < 4.78 is 44.0. The van der Waals surface area contributed by atoms with Crippen molar-refractivity contribution in [3.8, 4) is 5.75 Å². The maximum absolute atomic E-state index is 12.9. The van der Waals surface area contributed by atoms with E-state index >= 15 is 0 Å². The molecule has 2 aliphatic rings. The first kappa shape index (κ1) is 20.8. The van der Waals surface area contributed by atoms with Gasteiger partial charge in [-0.3, -0.25) is 0 Å². The van der Waals surface area contributed by atoms with Crippen LogP contribution in [0, 0.1) is 5.92 Å². The molecule has 142 valence electrons. The molecule has 0 bridgehead atoms. The van der Waals surface area contributed by atoms with Crippen LogP contribution < -0.4 is 49.2 Å². The Labute approximate surface area is 181 Å². The van der Waals surface area contributed by atoms with Crippen molar-refractivity contribution < 1.29 is 57.4 Å². The number of halogens is 3. The molecule has 3 heterocycles. The molecule has 10 heteroatoms. The van der Waals surface area contributed by atoms with Gasteiger partial charge < -0.3 is 24.4 Å². The van der Waals surface area contributed by atoms with E-state index in [0.717, 1.165) is 17.4 Å². The van der Waals surface area contributed by atoms with Crippen molar-refractivity contribution in [2.45, 2.75) is 6.18 Å². The van der Waals surface area contributed by atoms with Crippen molar-refractivity contribution in [2.24, 2.45) is 5.92 Å². The molecule has 4 rings (SSSR count). The zero-order valence-electron chi connectivity index (χ0n) is 15.1. The first-order valence-electron chi connectivity index (χ1n) is 8.36. The molecule has 1 fully saturated rings. The van der Waals surface area contributed by atoms with E-state index in [1.54, 1.807) is 0 Å². The molecule has 1 aromatic heterocycles. The summed E-state index contributed by atoms with van der Waals surface area (Å²) in [6.07, 6.45) is -3.37. The first-order chi connectivity index (χ1) is 12.8. The largest absolute Gasteiger partial charge is 1.00 e. The summed E-state index contributed by atoms with van der Waals surface area (Å²) in [5.74, 6) is -1.41. The molecule has 0 radical (unpaired) electrons. The molecule has 0 amide bonds. The second-order valence-electron chi connectivity index (χ2n) is 6.48. The molecule has 2 aliphatic heterocycles. The fourth-order valence-corrected chi connectivity index (χ4v) is 3.23. The number of benzene rings is 1. The molecule has 0 saturated carbocycles. The summed E-state index contributed by atoms with van der Waals surface area (Å²) >= 11 is 0. The number of hydrogen-bond acceptors (Lipinski definition) is 6. The van der Waals surface area contributed by atoms with Gasteiger partial charge >= 0.3 is 35.7 Å². The van der Waals surface area contributed by atoms with Crippen LogP contribution in [0.1, 0.15) is 5.69 Å². The van der Waals surface area contributed by atoms with Gasteiger partial charge in [0.25, 0.3) is 0 Å². The Kier molecular flexibility index (Phi) is 5.79. The van der Waals surface area contributed by atoms with Crippen LogP contribution in [0.2, 0.25) is 0 Å². The average molecular weight is 401 g/mol. The second kappa shape index (κ2) is 7.81. The molecular formula is C18H15F3N3NaO3. The number of ether oxygens (including phenoxy) is 1. The van der Waals surface area contributed by atoms with Crippen molar-refractivity contribution in [2.75, 3.05) is 36.0 Å². The molecular weight excluding hydrogens is 386 g/mol. The zero-order chi connectivity index (χ0) is 19.2. The number of pyridine rings is 1. The van der Waals surface area contributed by atoms with Crippen molar-refractivity contribution in [3.05, 3.63) is 42.2 Å². The van der Waals surface area contributed by atoms with Gasteiger partial charge in [0, 0.05) is 42.4 Å². The summed E-state index contributed by atoms with van der Waals surface area (Å²) in [7, 11) is 0. The Balaban J connectivity index is 0.00000225. The van der Waals surface area contributed by atoms with Gasteiger partial charge in [0.1, 0.15) is 23.7 Å². The van der Waals surface area contributed by atoms with Crippen LogP contribution >= 0.6 is 0 Å². The Morgan fingerprint density at radius 1 is 1.21 bits per heavy atom. The quantitative estimate of drug-likeness (QED) is 0.604. The number of carbonyl (C=O) groups excluding carboxylic acids is 1. The minimum atomic E-state index is -4.53. The number of alkyl halides is 3. The number of anilines is 3. The maximum atomic E-state index is 12.9. The molecule has 0 aliphatic carbocycles. The normalized spacial score (nSPS) is 16.5. The van der Waals surface area contributed by atoms with E-state index < -0.39 is 23.8 Å². The van der Waals surface area contributed by atoms with Gasteiger partial charge in [0.2, 0.25) is 0 Å². The second-order valence-corrected chi connectivity index (χ2v) is 6.48. The summed E-state index contributed by atoms with van der Waals surface area (Å²) in [6.45, 7) is 1.46. The van der Waals surface area contributed by atoms with Crippen molar-refractivity contribution in [1.82, 2.24) is 4.98 Å². The Morgan fingerprint density at radius 3 is 2.61 bits per heavy atom. The first-order valence-corrected chi connectivity index (χ1v) is 8.36. The van der Waals surface area contributed by atoms with Crippen molar-refractivity contribution >= 4 is 23.0 Å². The predicted octanol–water partition coefficient (Wildman–Crippen LogP) is -1.18. The minimum Gasteiger partial charge on any atom is -0.550 e. The molecule has 0 atom stereocenters. The molecule has 2 aromatic rings. The number of aliphatic carboxylic acids is 1. The average Bonchev–Trinajstić information content (AvgIpc) is 2.58. The number of carbonyl (C=O) groups is 1. The summed E-state index contributed by atoms with van der Waals surface area (Å²) in [6, 6.07) is 8.31. The molecule has 1 saturated heterocycles. The summed E-state index contributed by atoms with van der Waals surface area (Å²) in [5, 5.41) is 10.9. The van der Waals surface area contributed by atoms with Gasteiger partial charge in [-0.05, 0) is 18.2 Å². The van der Waals surface area contributed by atoms with Crippen LogP contribution in [0.25, 0.3) is 0 Å². The van der Waals surface area contributed by atoms with Gasteiger partial charge in [-0.15, -0.1) is 0 Å². The number of carboxylic acid groups (broad SMARTS) is 1. The summed E-state index contributed by atoms with van der Waals surface area (Å²) in [4.78, 5) is 18.1. The van der Waals surface area contributed by atoms with Gasteiger partial charge in [-0.2, -0.15) is 13.2 Å². The molecule has 28 heavy (non-hydrogen) atoms. The van der Waals surface area contributed by atoms with Gasteiger partial charge in [0.15, 0.2) is 0 Å². The Bertz CT molecular complexity index is 888. The molecule has 6 nitrogen and oxygen atoms in total. The standard InChI is InChI=1S/C18H16F3N3O3.Na/c19-18(20,21)16-7-15-14(8-22-16)24(4-5-27-15)13-3-1-2-12(6-13)23-9-11(10-23)17(25)26;/h1-3,6-8,11H,4-5,9-10H2,(H,25,26);/q;+1/p-1. The smallest absolute Gasteiger partial charge is 0.550 e. The minimum absolute atomic E-state index is 0. The van der Waals surface area contributed by atoms with E-state index in [-0.39, 0.29) is 41.9 Å². The Hall–Kier alpha value is -1.97. The van der Waals surface area contributed by atoms with Crippen LogP contribution in [0.5, 0.6) is 5.75 Å². The maximum Gasteiger partial charge on any atom is 1.00 e. The third kappa shape index (κ3) is 3.92. The number of rotatable bonds is 3. The monoisotopic (exact) mass is 401 g/mol. The zero-order valence-corrected chi connectivity index (χ0v) is 17.1. The number of hydrogen-bond donors (Lipinski definition) is 0. The van der Waals surface area contributed by atoms with E-state index in [2.05, 4.69) is 4.98 Å². The van der Waals surface area contributed by atoms with Crippen molar-refractivity contribution in [1.29, 1.82) is 0 Å². The fraction of sp³-hybridized carbons (Fsp3) is 0.333. The van der Waals surface area contributed by atoms with E-state index in [1.165, 1.54) is 6.20 Å². The van der Waals surface area contributed by atoms with E-state index in [9.17, 15) is 23.1 Å². The molecule has 0 unspecified atom stereocenters. The van der Waals surface area contributed by atoms with Crippen LogP contribution in [0.4, 0.5) is 30.2 Å². The van der Waals surface area contributed by atoms with E-state index in [4.69, 9.17) is 4.74 Å². The molecule has 0 spiro atoms. The van der Waals surface area contributed by atoms with Crippen molar-refractivity contribution in [3.63, 3.8) is 0 Å². The van der Waals surface area contributed by atoms with E-state index in [0.29, 0.717) is 25.3 Å². The van der Waals surface area contributed by atoms with E-state index in [1.807, 2.05) is 34.1 Å². The van der Waals surface area contributed by atoms with Gasteiger partial charge in [0.05, 0.1) is 12.7 Å². The summed E-state index contributed by atoms with van der Waals surface area (Å²) in [5.41, 5.74) is 1.08. The third-order valence-corrected chi connectivity index (χ3v) is 4.72. The SMILES string of the molecule is O=C([O-])C1CN(c2cccc(N3CCOc4cc(C(F)(F)F)ncc43)c2)C1.[Na+]. The van der Waals surface area contributed by atoms with Crippen LogP contribution in [-0.2, 0) is 11.0 Å². The topological polar surface area (TPSA) is 68.7 Å². The van der Waals surface area contributed by atoms with Gasteiger partial charge in [-0.25, -0.2) is 4.98 Å². The number of fused-ring (bicyclic) bond motifs is 1. The fourth-order valence-electron chi connectivity index (χ4n) is 3.23. The Morgan fingerprint density at radius 2 is 1.93 bits per heavy atom. The van der Waals surface area contributed by atoms with Crippen LogP contribution in [0.15, 0.2) is 36.5 Å². The predicted molar refractivity (Wildman–Crippen MR) is 88.9 cm³/mol. The van der Waals surface area contributed by atoms with Gasteiger partial charge in [-0.1, -0.05) is 6.07 Å². The third-order valence-electron chi connectivity index (χ3n) is 4.72. The van der Waals surface area contributed by atoms with Crippen LogP contribution in [-0.4, -0.2) is 37.2 Å².